The Kier molecular flexibility index (Phi) is 6.19. The van der Waals surface area contributed by atoms with Crippen LogP contribution < -0.4 is 10.2 Å². The number of anilines is 1. The molecule has 0 heterocycles. The van der Waals surface area contributed by atoms with Gasteiger partial charge in [0, 0.05) is 15.7 Å². The normalized spacial score (nSPS) is 13.4. The number of hydrogen-bond donors (Lipinski definition) is 2. The third-order valence-electron chi connectivity index (χ3n) is 4.48. The summed E-state index contributed by atoms with van der Waals surface area (Å²) in [7, 11) is 2.05. The van der Waals surface area contributed by atoms with Crippen molar-refractivity contribution in [1.82, 2.24) is 0 Å². The molecule has 0 fully saturated rings. The van der Waals surface area contributed by atoms with Crippen molar-refractivity contribution in [3.05, 3.63) is 63.1 Å². The van der Waals surface area contributed by atoms with Crippen molar-refractivity contribution in [3.8, 4) is 0 Å². The van der Waals surface area contributed by atoms with Gasteiger partial charge in [0.25, 0.3) is 5.91 Å². The Morgan fingerprint density at radius 1 is 1.17 bits per heavy atom. The summed E-state index contributed by atoms with van der Waals surface area (Å²) in [5, 5.41) is 3.12. The minimum atomic E-state index is -0.141. The molecule has 1 amide bonds. The van der Waals surface area contributed by atoms with Crippen molar-refractivity contribution in [2.24, 2.45) is 0 Å². The lowest BCUT2D eigenvalue weighted by molar-refractivity contribution is -0.907. The number of benzene rings is 2. The SMILES string of the molecule is Cc1cc(C)c(NC(=O)[C@H](C)[NH+](C)Cc2ccccc2Br)c(C)c1. The number of nitrogens with one attached hydrogen (secondary N) is 2. The Labute approximate surface area is 153 Å². The van der Waals surface area contributed by atoms with Gasteiger partial charge in [-0.15, -0.1) is 0 Å². The second kappa shape index (κ2) is 7.95. The molecule has 0 aromatic heterocycles. The van der Waals surface area contributed by atoms with Crippen molar-refractivity contribution >= 4 is 27.5 Å². The second-order valence-electron chi connectivity index (χ2n) is 6.60. The molecule has 0 bridgehead atoms. The van der Waals surface area contributed by atoms with Gasteiger partial charge in [0.2, 0.25) is 0 Å². The minimum absolute atomic E-state index is 0.0506. The Balaban J connectivity index is 2.08. The summed E-state index contributed by atoms with van der Waals surface area (Å²) in [6.07, 6.45) is 0. The van der Waals surface area contributed by atoms with Crippen LogP contribution in [0.15, 0.2) is 40.9 Å². The lowest BCUT2D eigenvalue weighted by Crippen LogP contribution is -3.12. The van der Waals surface area contributed by atoms with Gasteiger partial charge in [-0.1, -0.05) is 51.8 Å². The molecule has 2 atom stereocenters. The number of rotatable bonds is 5. The van der Waals surface area contributed by atoms with Crippen LogP contribution in [0.5, 0.6) is 0 Å². The molecule has 0 radical (unpaired) electrons. The van der Waals surface area contributed by atoms with E-state index < -0.39 is 0 Å². The van der Waals surface area contributed by atoms with Crippen molar-refractivity contribution in [2.75, 3.05) is 12.4 Å². The average molecular weight is 390 g/mol. The highest BCUT2D eigenvalue weighted by Crippen LogP contribution is 2.22. The summed E-state index contributed by atoms with van der Waals surface area (Å²) in [6.45, 7) is 8.92. The van der Waals surface area contributed by atoms with E-state index in [-0.39, 0.29) is 11.9 Å². The number of carbonyl (C=O) groups excluding carboxylic acids is 1. The number of likely N-dealkylation sites (N-methyl/N-ethyl adjacent to an activating group) is 1. The molecule has 0 aliphatic carbocycles. The standard InChI is InChI=1S/C20H25BrN2O/c1-13-10-14(2)19(15(3)11-13)22-20(24)16(4)23(5)12-17-8-6-7-9-18(17)21/h6-11,16H,12H2,1-5H3,(H,22,24)/p+1/t16-/m0/s1. The molecule has 128 valence electrons. The lowest BCUT2D eigenvalue weighted by atomic mass is 10.0. The maximum absolute atomic E-state index is 12.7. The summed E-state index contributed by atoms with van der Waals surface area (Å²) in [5.74, 6) is 0.0506. The first kappa shape index (κ1) is 18.7. The smallest absolute Gasteiger partial charge is 0.282 e. The molecular formula is C20H26BrN2O+. The highest BCUT2D eigenvalue weighted by molar-refractivity contribution is 9.10. The molecule has 2 aromatic carbocycles. The van der Waals surface area contributed by atoms with Gasteiger partial charge in [0.1, 0.15) is 6.54 Å². The highest BCUT2D eigenvalue weighted by atomic mass is 79.9. The zero-order valence-electron chi connectivity index (χ0n) is 15.0. The van der Waals surface area contributed by atoms with E-state index in [1.807, 2.05) is 39.0 Å². The number of carbonyl (C=O) groups is 1. The maximum atomic E-state index is 12.7. The molecule has 24 heavy (non-hydrogen) atoms. The number of hydrogen-bond acceptors (Lipinski definition) is 1. The van der Waals surface area contributed by atoms with Crippen LogP contribution in [0, 0.1) is 20.8 Å². The molecular weight excluding hydrogens is 364 g/mol. The fraction of sp³-hybridized carbons (Fsp3) is 0.350. The van der Waals surface area contributed by atoms with Crippen LogP contribution in [0.4, 0.5) is 5.69 Å². The average Bonchev–Trinajstić information content (AvgIpc) is 2.52. The fourth-order valence-electron chi connectivity index (χ4n) is 2.93. The molecule has 0 saturated heterocycles. The van der Waals surface area contributed by atoms with E-state index in [9.17, 15) is 4.79 Å². The van der Waals surface area contributed by atoms with Gasteiger partial charge in [-0.05, 0) is 44.9 Å². The van der Waals surface area contributed by atoms with Gasteiger partial charge in [-0.2, -0.15) is 0 Å². The van der Waals surface area contributed by atoms with E-state index in [1.54, 1.807) is 0 Å². The lowest BCUT2D eigenvalue weighted by Gasteiger charge is -2.22. The van der Waals surface area contributed by atoms with E-state index >= 15 is 0 Å². The van der Waals surface area contributed by atoms with Crippen molar-refractivity contribution in [1.29, 1.82) is 0 Å². The zero-order valence-corrected chi connectivity index (χ0v) is 16.6. The zero-order chi connectivity index (χ0) is 17.9. The first-order chi connectivity index (χ1) is 11.3. The van der Waals surface area contributed by atoms with E-state index in [0.717, 1.165) is 32.7 Å². The summed E-state index contributed by atoms with van der Waals surface area (Å²) in [4.78, 5) is 13.8. The largest absolute Gasteiger partial charge is 0.324 e. The van der Waals surface area contributed by atoms with Crippen molar-refractivity contribution in [3.63, 3.8) is 0 Å². The molecule has 1 unspecified atom stereocenters. The third kappa shape index (κ3) is 4.46. The van der Waals surface area contributed by atoms with Gasteiger partial charge in [-0.25, -0.2) is 0 Å². The van der Waals surface area contributed by atoms with E-state index in [4.69, 9.17) is 0 Å². The van der Waals surface area contributed by atoms with Crippen LogP contribution >= 0.6 is 15.9 Å². The van der Waals surface area contributed by atoms with Gasteiger partial charge < -0.3 is 10.2 Å². The quantitative estimate of drug-likeness (QED) is 0.806. The third-order valence-corrected chi connectivity index (χ3v) is 5.26. The summed E-state index contributed by atoms with van der Waals surface area (Å²) >= 11 is 3.58. The Bertz CT molecular complexity index is 719. The van der Waals surface area contributed by atoms with Gasteiger partial charge >= 0.3 is 0 Å². The monoisotopic (exact) mass is 389 g/mol. The molecule has 4 heteroatoms. The number of halogens is 1. The Morgan fingerprint density at radius 2 is 1.75 bits per heavy atom. The molecule has 2 N–H and O–H groups in total. The van der Waals surface area contributed by atoms with Crippen LogP contribution in [-0.4, -0.2) is 19.0 Å². The fourth-order valence-corrected chi connectivity index (χ4v) is 3.35. The van der Waals surface area contributed by atoms with Gasteiger partial charge in [-0.3, -0.25) is 4.79 Å². The molecule has 0 saturated carbocycles. The molecule has 0 spiro atoms. The van der Waals surface area contributed by atoms with Gasteiger partial charge in [0.15, 0.2) is 6.04 Å². The molecule has 0 aliphatic heterocycles. The predicted octanol–water partition coefficient (Wildman–Crippen LogP) is 3.42. The predicted molar refractivity (Wildman–Crippen MR) is 103 cm³/mol. The molecule has 2 aromatic rings. The van der Waals surface area contributed by atoms with Crippen LogP contribution in [-0.2, 0) is 11.3 Å². The molecule has 2 rings (SSSR count). The topological polar surface area (TPSA) is 33.5 Å². The summed E-state index contributed by atoms with van der Waals surface area (Å²) in [5.41, 5.74) is 5.57. The maximum Gasteiger partial charge on any atom is 0.282 e. The number of quaternary nitrogens is 1. The first-order valence-electron chi connectivity index (χ1n) is 8.24. The van der Waals surface area contributed by atoms with Gasteiger partial charge in [0.05, 0.1) is 7.05 Å². The van der Waals surface area contributed by atoms with Crippen LogP contribution in [0.1, 0.15) is 29.2 Å². The number of amides is 1. The Hall–Kier alpha value is -1.65. The highest BCUT2D eigenvalue weighted by Gasteiger charge is 2.23. The van der Waals surface area contributed by atoms with Crippen molar-refractivity contribution < 1.29 is 9.69 Å². The van der Waals surface area contributed by atoms with Crippen LogP contribution in [0.3, 0.4) is 0 Å². The summed E-state index contributed by atoms with van der Waals surface area (Å²) in [6, 6.07) is 12.2. The van der Waals surface area contributed by atoms with Crippen LogP contribution in [0.2, 0.25) is 0 Å². The van der Waals surface area contributed by atoms with Crippen molar-refractivity contribution in [2.45, 2.75) is 40.3 Å². The molecule has 3 nitrogen and oxygen atoms in total. The minimum Gasteiger partial charge on any atom is -0.324 e. The van der Waals surface area contributed by atoms with E-state index in [0.29, 0.717) is 0 Å². The molecule has 0 aliphatic rings. The van der Waals surface area contributed by atoms with E-state index in [1.165, 1.54) is 11.1 Å². The van der Waals surface area contributed by atoms with Crippen LogP contribution in [0.25, 0.3) is 0 Å². The second-order valence-corrected chi connectivity index (χ2v) is 7.45. The Morgan fingerprint density at radius 3 is 2.33 bits per heavy atom. The number of aryl methyl sites for hydroxylation is 3. The van der Waals surface area contributed by atoms with E-state index in [2.05, 4.69) is 53.4 Å². The first-order valence-corrected chi connectivity index (χ1v) is 9.03. The summed E-state index contributed by atoms with van der Waals surface area (Å²) < 4.78 is 1.09.